The van der Waals surface area contributed by atoms with Gasteiger partial charge >= 0.3 is 0 Å². The minimum absolute atomic E-state index is 0.00731. The number of carbonyl (C=O) groups excluding carboxylic acids is 1. The molecule has 0 saturated heterocycles. The smallest absolute Gasteiger partial charge is 0.253 e. The Labute approximate surface area is 117 Å². The van der Waals surface area contributed by atoms with Crippen molar-refractivity contribution in [1.82, 2.24) is 4.98 Å². The second kappa shape index (κ2) is 4.89. The van der Waals surface area contributed by atoms with E-state index >= 15 is 0 Å². The predicted octanol–water partition coefficient (Wildman–Crippen LogP) is 2.84. The van der Waals surface area contributed by atoms with Crippen LogP contribution in [0.1, 0.15) is 23.1 Å². The van der Waals surface area contributed by atoms with Crippen molar-refractivity contribution in [1.29, 1.82) is 0 Å². The molecule has 2 heterocycles. The van der Waals surface area contributed by atoms with Crippen LogP contribution in [0.15, 0.2) is 47.8 Å². The Kier molecular flexibility index (Phi) is 3.06. The van der Waals surface area contributed by atoms with Gasteiger partial charge in [0.15, 0.2) is 0 Å². The van der Waals surface area contributed by atoms with Gasteiger partial charge in [-0.05, 0) is 49.2 Å². The number of aromatic nitrogens is 1. The van der Waals surface area contributed by atoms with Crippen molar-refractivity contribution in [3.63, 3.8) is 0 Å². The number of pyridine rings is 1. The summed E-state index contributed by atoms with van der Waals surface area (Å²) in [5.41, 5.74) is 4.84. The van der Waals surface area contributed by atoms with Gasteiger partial charge in [0.25, 0.3) is 5.91 Å². The molecule has 20 heavy (non-hydrogen) atoms. The molecule has 1 aromatic carbocycles. The van der Waals surface area contributed by atoms with Crippen LogP contribution < -0.4 is 5.01 Å². The second-order valence-corrected chi connectivity index (χ2v) is 4.94. The van der Waals surface area contributed by atoms with Crippen LogP contribution in [0.4, 0.5) is 5.69 Å². The molecule has 0 spiro atoms. The van der Waals surface area contributed by atoms with Gasteiger partial charge in [-0.25, -0.2) is 5.01 Å². The van der Waals surface area contributed by atoms with E-state index in [1.165, 1.54) is 10.6 Å². The monoisotopic (exact) mass is 265 g/mol. The van der Waals surface area contributed by atoms with Gasteiger partial charge in [-0.1, -0.05) is 6.07 Å². The Balaban J connectivity index is 1.96. The minimum atomic E-state index is -0.00731. The number of anilines is 1. The summed E-state index contributed by atoms with van der Waals surface area (Å²) in [4.78, 5) is 16.2. The maximum atomic E-state index is 12.1. The molecule has 1 aliphatic heterocycles. The van der Waals surface area contributed by atoms with Crippen LogP contribution in [0.25, 0.3) is 0 Å². The Morgan fingerprint density at radius 3 is 2.70 bits per heavy atom. The summed E-state index contributed by atoms with van der Waals surface area (Å²) in [5, 5.41) is 5.92. The Hall–Kier alpha value is -2.49. The van der Waals surface area contributed by atoms with Crippen molar-refractivity contribution in [3.8, 4) is 0 Å². The van der Waals surface area contributed by atoms with Gasteiger partial charge in [-0.3, -0.25) is 9.78 Å². The molecule has 1 amide bonds. The number of hydrazone groups is 1. The first-order chi connectivity index (χ1) is 9.65. The molecule has 0 fully saturated rings. The number of aryl methyl sites for hydroxylation is 2. The summed E-state index contributed by atoms with van der Waals surface area (Å²) in [5.74, 6) is -0.00731. The summed E-state index contributed by atoms with van der Waals surface area (Å²) in [6, 6.07) is 9.69. The van der Waals surface area contributed by atoms with Crippen LogP contribution >= 0.6 is 0 Å². The van der Waals surface area contributed by atoms with Crippen LogP contribution in [0, 0.1) is 13.8 Å². The van der Waals surface area contributed by atoms with Crippen molar-refractivity contribution in [2.75, 3.05) is 5.01 Å². The Morgan fingerprint density at radius 2 is 2.00 bits per heavy atom. The van der Waals surface area contributed by atoms with E-state index in [9.17, 15) is 4.79 Å². The van der Waals surface area contributed by atoms with E-state index in [1.54, 1.807) is 12.4 Å². The number of benzene rings is 1. The molecule has 0 bridgehead atoms. The standard InChI is InChI=1S/C16H15N3O/c1-11-5-6-14(8-12(11)2)19-16(20)9-15(18-19)13-4-3-7-17-10-13/h3-8,10H,9H2,1-2H3. The quantitative estimate of drug-likeness (QED) is 0.838. The normalized spacial score (nSPS) is 14.6. The number of carbonyl (C=O) groups is 1. The highest BCUT2D eigenvalue weighted by atomic mass is 16.2. The summed E-state index contributed by atoms with van der Waals surface area (Å²) < 4.78 is 0. The number of hydrogen-bond donors (Lipinski definition) is 0. The topological polar surface area (TPSA) is 45.6 Å². The molecule has 1 aliphatic rings. The molecular weight excluding hydrogens is 250 g/mol. The summed E-state index contributed by atoms with van der Waals surface area (Å²) >= 11 is 0. The van der Waals surface area contributed by atoms with E-state index in [0.717, 1.165) is 22.5 Å². The molecule has 2 aromatic rings. The van der Waals surface area contributed by atoms with Crippen molar-refractivity contribution < 1.29 is 4.79 Å². The summed E-state index contributed by atoms with van der Waals surface area (Å²) in [6.45, 7) is 4.08. The molecule has 100 valence electrons. The second-order valence-electron chi connectivity index (χ2n) is 4.94. The zero-order valence-electron chi connectivity index (χ0n) is 11.5. The van der Waals surface area contributed by atoms with Gasteiger partial charge in [-0.15, -0.1) is 0 Å². The minimum Gasteiger partial charge on any atom is -0.272 e. The largest absolute Gasteiger partial charge is 0.272 e. The fraction of sp³-hybridized carbons (Fsp3) is 0.188. The third-order valence-electron chi connectivity index (χ3n) is 3.51. The lowest BCUT2D eigenvalue weighted by molar-refractivity contribution is -0.116. The number of amides is 1. The summed E-state index contributed by atoms with van der Waals surface area (Å²) in [6.07, 6.45) is 3.76. The third kappa shape index (κ3) is 2.20. The van der Waals surface area contributed by atoms with Crippen molar-refractivity contribution in [3.05, 3.63) is 59.4 Å². The highest BCUT2D eigenvalue weighted by molar-refractivity contribution is 6.19. The molecule has 4 nitrogen and oxygen atoms in total. The first-order valence-electron chi connectivity index (χ1n) is 6.53. The Bertz CT molecular complexity index is 692. The van der Waals surface area contributed by atoms with E-state index in [0.29, 0.717) is 6.42 Å². The average molecular weight is 265 g/mol. The fourth-order valence-electron chi connectivity index (χ4n) is 2.18. The van der Waals surface area contributed by atoms with Crippen molar-refractivity contribution in [2.24, 2.45) is 5.10 Å². The number of rotatable bonds is 2. The predicted molar refractivity (Wildman–Crippen MR) is 78.8 cm³/mol. The number of nitrogens with zero attached hydrogens (tertiary/aromatic N) is 3. The van der Waals surface area contributed by atoms with Gasteiger partial charge in [0.1, 0.15) is 0 Å². The summed E-state index contributed by atoms with van der Waals surface area (Å²) in [7, 11) is 0. The molecule has 0 atom stereocenters. The van der Waals surface area contributed by atoms with Gasteiger partial charge in [0, 0.05) is 18.0 Å². The van der Waals surface area contributed by atoms with E-state index in [-0.39, 0.29) is 5.91 Å². The van der Waals surface area contributed by atoms with Gasteiger partial charge in [0.2, 0.25) is 0 Å². The number of hydrogen-bond acceptors (Lipinski definition) is 3. The molecule has 0 unspecified atom stereocenters. The van der Waals surface area contributed by atoms with Crippen LogP contribution in [0.2, 0.25) is 0 Å². The van der Waals surface area contributed by atoms with Crippen LogP contribution in [-0.2, 0) is 4.79 Å². The first kappa shape index (κ1) is 12.5. The lowest BCUT2D eigenvalue weighted by Gasteiger charge is -2.13. The Morgan fingerprint density at radius 1 is 1.15 bits per heavy atom. The average Bonchev–Trinajstić information content (AvgIpc) is 2.85. The first-order valence-corrected chi connectivity index (χ1v) is 6.53. The fourth-order valence-corrected chi connectivity index (χ4v) is 2.18. The molecule has 0 N–H and O–H groups in total. The lowest BCUT2D eigenvalue weighted by Crippen LogP contribution is -2.19. The van der Waals surface area contributed by atoms with Crippen molar-refractivity contribution in [2.45, 2.75) is 20.3 Å². The third-order valence-corrected chi connectivity index (χ3v) is 3.51. The van der Waals surface area contributed by atoms with E-state index < -0.39 is 0 Å². The maximum absolute atomic E-state index is 12.1. The lowest BCUT2D eigenvalue weighted by atomic mass is 10.1. The van der Waals surface area contributed by atoms with Crippen LogP contribution in [0.5, 0.6) is 0 Å². The van der Waals surface area contributed by atoms with Crippen molar-refractivity contribution >= 4 is 17.3 Å². The highest BCUT2D eigenvalue weighted by Crippen LogP contribution is 2.24. The maximum Gasteiger partial charge on any atom is 0.253 e. The van der Waals surface area contributed by atoms with E-state index in [4.69, 9.17) is 0 Å². The molecule has 0 aliphatic carbocycles. The SMILES string of the molecule is Cc1ccc(N2N=C(c3cccnc3)CC2=O)cc1C. The van der Waals surface area contributed by atoms with Gasteiger partial charge in [0.05, 0.1) is 17.8 Å². The zero-order valence-corrected chi connectivity index (χ0v) is 11.5. The van der Waals surface area contributed by atoms with Crippen LogP contribution in [-0.4, -0.2) is 16.6 Å². The highest BCUT2D eigenvalue weighted by Gasteiger charge is 2.26. The van der Waals surface area contributed by atoms with Gasteiger partial charge < -0.3 is 0 Å². The van der Waals surface area contributed by atoms with E-state index in [1.807, 2.05) is 37.3 Å². The molecule has 0 saturated carbocycles. The zero-order chi connectivity index (χ0) is 14.1. The molecule has 3 rings (SSSR count). The van der Waals surface area contributed by atoms with Gasteiger partial charge in [-0.2, -0.15) is 5.10 Å². The molecule has 0 radical (unpaired) electrons. The molecular formula is C16H15N3O. The van der Waals surface area contributed by atoms with E-state index in [2.05, 4.69) is 17.0 Å². The molecule has 4 heteroatoms. The molecule has 1 aromatic heterocycles. The van der Waals surface area contributed by atoms with Crippen LogP contribution in [0.3, 0.4) is 0 Å².